The second-order valence-electron chi connectivity index (χ2n) is 8.11. The third-order valence-corrected chi connectivity index (χ3v) is 5.82. The summed E-state index contributed by atoms with van der Waals surface area (Å²) in [6.07, 6.45) is 3.88. The van der Waals surface area contributed by atoms with Gasteiger partial charge in [-0.15, -0.1) is 0 Å². The third-order valence-electron chi connectivity index (χ3n) is 5.82. The van der Waals surface area contributed by atoms with Crippen LogP contribution in [0.5, 0.6) is 5.75 Å². The average molecular weight is 407 g/mol. The molecule has 2 aromatic carbocycles. The summed E-state index contributed by atoms with van der Waals surface area (Å²) < 4.78 is 5.23. The van der Waals surface area contributed by atoms with E-state index in [9.17, 15) is 4.79 Å². The fourth-order valence-electron chi connectivity index (χ4n) is 4.23. The number of aromatic nitrogens is 2. The number of imidazole rings is 1. The van der Waals surface area contributed by atoms with Gasteiger partial charge in [-0.1, -0.05) is 24.3 Å². The van der Waals surface area contributed by atoms with Crippen molar-refractivity contribution >= 4 is 16.9 Å². The predicted octanol–water partition coefficient (Wildman–Crippen LogP) is 3.88. The van der Waals surface area contributed by atoms with E-state index in [0.29, 0.717) is 18.9 Å². The highest BCUT2D eigenvalue weighted by Gasteiger charge is 2.21. The maximum Gasteiger partial charge on any atom is 0.220 e. The molecule has 30 heavy (non-hydrogen) atoms. The number of H-pyrrole nitrogens is 1. The largest absolute Gasteiger partial charge is 0.497 e. The Morgan fingerprint density at radius 1 is 1.27 bits per heavy atom. The van der Waals surface area contributed by atoms with E-state index in [1.807, 2.05) is 42.5 Å². The topological polar surface area (TPSA) is 70.2 Å². The van der Waals surface area contributed by atoms with Crippen molar-refractivity contribution < 1.29 is 9.53 Å². The summed E-state index contributed by atoms with van der Waals surface area (Å²) >= 11 is 0. The number of likely N-dealkylation sites (tertiary alicyclic amines) is 1. The lowest BCUT2D eigenvalue weighted by atomic mass is 9.93. The van der Waals surface area contributed by atoms with Crippen LogP contribution < -0.4 is 10.1 Å². The van der Waals surface area contributed by atoms with Gasteiger partial charge in [-0.05, 0) is 61.6 Å². The molecule has 6 heteroatoms. The lowest BCUT2D eigenvalue weighted by molar-refractivity contribution is -0.121. The Hall–Kier alpha value is -2.86. The molecule has 3 aromatic rings. The van der Waals surface area contributed by atoms with Gasteiger partial charge >= 0.3 is 0 Å². The molecule has 1 atom stereocenters. The minimum Gasteiger partial charge on any atom is -0.497 e. The van der Waals surface area contributed by atoms with E-state index in [1.54, 1.807) is 7.11 Å². The SMILES string of the molecule is COc1cccc(CNC(=O)CCC2CCCN(Cc3nc4ccccc4[nH]3)C2)c1. The molecule has 0 radical (unpaired) electrons. The highest BCUT2D eigenvalue weighted by atomic mass is 16.5. The van der Waals surface area contributed by atoms with Crippen LogP contribution in [0, 0.1) is 5.92 Å². The summed E-state index contributed by atoms with van der Waals surface area (Å²) in [7, 11) is 1.65. The molecule has 1 aliphatic heterocycles. The number of nitrogens with zero attached hydrogens (tertiary/aromatic N) is 2. The van der Waals surface area contributed by atoms with Gasteiger partial charge in [0, 0.05) is 19.5 Å². The van der Waals surface area contributed by atoms with E-state index in [0.717, 1.165) is 54.2 Å². The molecular formula is C24H30N4O2. The molecule has 1 fully saturated rings. The van der Waals surface area contributed by atoms with Crippen LogP contribution in [0.15, 0.2) is 48.5 Å². The van der Waals surface area contributed by atoms with Crippen LogP contribution in [0.2, 0.25) is 0 Å². The number of methoxy groups -OCH3 is 1. The van der Waals surface area contributed by atoms with Crippen LogP contribution in [0.3, 0.4) is 0 Å². The van der Waals surface area contributed by atoms with Gasteiger partial charge in [0.15, 0.2) is 0 Å². The summed E-state index contributed by atoms with van der Waals surface area (Å²) in [5, 5.41) is 3.03. The monoisotopic (exact) mass is 406 g/mol. The zero-order valence-electron chi connectivity index (χ0n) is 17.6. The average Bonchev–Trinajstić information content (AvgIpc) is 3.19. The minimum absolute atomic E-state index is 0.118. The summed E-state index contributed by atoms with van der Waals surface area (Å²) in [6, 6.07) is 16.0. The summed E-state index contributed by atoms with van der Waals surface area (Å²) in [5.41, 5.74) is 3.17. The molecule has 0 aliphatic carbocycles. The number of nitrogens with one attached hydrogen (secondary N) is 2. The predicted molar refractivity (Wildman–Crippen MR) is 118 cm³/mol. The normalized spacial score (nSPS) is 17.2. The summed E-state index contributed by atoms with van der Waals surface area (Å²) in [4.78, 5) is 22.9. The molecule has 1 unspecified atom stereocenters. The number of hydrogen-bond acceptors (Lipinski definition) is 4. The standard InChI is InChI=1S/C24H30N4O2/c1-30-20-8-4-6-19(14-20)15-25-24(29)12-11-18-7-5-13-28(16-18)17-23-26-21-9-2-3-10-22(21)27-23/h2-4,6,8-10,14,18H,5,7,11-13,15-17H2,1H3,(H,25,29)(H,26,27). The van der Waals surface area contributed by atoms with Gasteiger partial charge in [0.1, 0.15) is 11.6 Å². The molecule has 1 aliphatic rings. The number of amides is 1. The molecule has 2 heterocycles. The molecule has 6 nitrogen and oxygen atoms in total. The second-order valence-corrected chi connectivity index (χ2v) is 8.11. The van der Waals surface area contributed by atoms with Crippen molar-refractivity contribution in [3.05, 3.63) is 59.9 Å². The Morgan fingerprint density at radius 3 is 3.03 bits per heavy atom. The van der Waals surface area contributed by atoms with Crippen LogP contribution in [0.4, 0.5) is 0 Å². The van der Waals surface area contributed by atoms with Crippen LogP contribution in [-0.4, -0.2) is 41.0 Å². The van der Waals surface area contributed by atoms with E-state index in [1.165, 1.54) is 12.8 Å². The molecule has 1 aromatic heterocycles. The van der Waals surface area contributed by atoms with Crippen molar-refractivity contribution in [2.45, 2.75) is 38.8 Å². The van der Waals surface area contributed by atoms with Crippen molar-refractivity contribution in [2.75, 3.05) is 20.2 Å². The van der Waals surface area contributed by atoms with Gasteiger partial charge in [0.2, 0.25) is 5.91 Å². The number of carbonyl (C=O) groups excluding carboxylic acids is 1. The van der Waals surface area contributed by atoms with Gasteiger partial charge in [0.25, 0.3) is 0 Å². The Balaban J connectivity index is 1.22. The number of rotatable bonds is 8. The quantitative estimate of drug-likeness (QED) is 0.596. The molecule has 0 saturated carbocycles. The Labute approximate surface area is 177 Å². The van der Waals surface area contributed by atoms with Gasteiger partial charge in [-0.25, -0.2) is 4.98 Å². The first-order chi connectivity index (χ1) is 14.7. The van der Waals surface area contributed by atoms with Crippen molar-refractivity contribution in [1.82, 2.24) is 20.2 Å². The number of ether oxygens (including phenoxy) is 1. The molecule has 0 bridgehead atoms. The molecular weight excluding hydrogens is 376 g/mol. The van der Waals surface area contributed by atoms with Crippen molar-refractivity contribution in [2.24, 2.45) is 5.92 Å². The highest BCUT2D eigenvalue weighted by Crippen LogP contribution is 2.23. The third kappa shape index (κ3) is 5.39. The maximum atomic E-state index is 12.3. The maximum absolute atomic E-state index is 12.3. The van der Waals surface area contributed by atoms with Crippen molar-refractivity contribution in [1.29, 1.82) is 0 Å². The van der Waals surface area contributed by atoms with E-state index in [4.69, 9.17) is 9.72 Å². The molecule has 1 saturated heterocycles. The lowest BCUT2D eigenvalue weighted by Crippen LogP contribution is -2.35. The molecule has 0 spiro atoms. The molecule has 1 amide bonds. The van der Waals surface area contributed by atoms with Crippen LogP contribution in [0.25, 0.3) is 11.0 Å². The zero-order valence-corrected chi connectivity index (χ0v) is 17.6. The van der Waals surface area contributed by atoms with E-state index >= 15 is 0 Å². The first-order valence-corrected chi connectivity index (χ1v) is 10.8. The number of hydrogen-bond donors (Lipinski definition) is 2. The van der Waals surface area contributed by atoms with E-state index in [2.05, 4.69) is 21.3 Å². The first-order valence-electron chi connectivity index (χ1n) is 10.8. The second kappa shape index (κ2) is 9.76. The van der Waals surface area contributed by atoms with Crippen molar-refractivity contribution in [3.8, 4) is 5.75 Å². The van der Waals surface area contributed by atoms with Crippen LogP contribution in [-0.2, 0) is 17.9 Å². The summed E-state index contributed by atoms with van der Waals surface area (Å²) in [5.74, 6) is 2.51. The zero-order chi connectivity index (χ0) is 20.8. The first kappa shape index (κ1) is 20.4. The minimum atomic E-state index is 0.118. The summed E-state index contributed by atoms with van der Waals surface area (Å²) in [6.45, 7) is 3.50. The Bertz CT molecular complexity index is 951. The molecule has 2 N–H and O–H groups in total. The van der Waals surface area contributed by atoms with Crippen LogP contribution in [0.1, 0.15) is 37.1 Å². The lowest BCUT2D eigenvalue weighted by Gasteiger charge is -2.32. The number of aromatic amines is 1. The molecule has 4 rings (SSSR count). The van der Waals surface area contributed by atoms with E-state index < -0.39 is 0 Å². The fraction of sp³-hybridized carbons (Fsp3) is 0.417. The number of para-hydroxylation sites is 2. The van der Waals surface area contributed by atoms with Gasteiger partial charge < -0.3 is 15.0 Å². The Kier molecular flexibility index (Phi) is 6.64. The number of benzene rings is 2. The van der Waals surface area contributed by atoms with Gasteiger partial charge in [-0.3, -0.25) is 9.69 Å². The van der Waals surface area contributed by atoms with E-state index in [-0.39, 0.29) is 5.91 Å². The fourth-order valence-corrected chi connectivity index (χ4v) is 4.23. The number of carbonyl (C=O) groups is 1. The van der Waals surface area contributed by atoms with Crippen molar-refractivity contribution in [3.63, 3.8) is 0 Å². The van der Waals surface area contributed by atoms with Gasteiger partial charge in [0.05, 0.1) is 24.7 Å². The molecule has 158 valence electrons. The number of fused-ring (bicyclic) bond motifs is 1. The smallest absolute Gasteiger partial charge is 0.220 e. The Morgan fingerprint density at radius 2 is 2.17 bits per heavy atom. The highest BCUT2D eigenvalue weighted by molar-refractivity contribution is 5.76. The van der Waals surface area contributed by atoms with Crippen LogP contribution >= 0.6 is 0 Å². The number of piperidine rings is 1. The van der Waals surface area contributed by atoms with Gasteiger partial charge in [-0.2, -0.15) is 0 Å².